The van der Waals surface area contributed by atoms with Crippen LogP contribution in [0.25, 0.3) is 0 Å². The van der Waals surface area contributed by atoms with Crippen LogP contribution >= 0.6 is 11.8 Å². The lowest BCUT2D eigenvalue weighted by atomic mass is 10.2. The van der Waals surface area contributed by atoms with Gasteiger partial charge in [-0.05, 0) is 37.7 Å². The Kier molecular flexibility index (Phi) is 3.33. The molecule has 94 valence electrons. The van der Waals surface area contributed by atoms with E-state index in [1.807, 2.05) is 31.5 Å². The second-order valence-electron chi connectivity index (χ2n) is 3.91. The van der Waals surface area contributed by atoms with E-state index >= 15 is 0 Å². The monoisotopic (exact) mass is 262 g/mol. The molecule has 0 aliphatic carbocycles. The number of nitrogens with zero attached hydrogens (tertiary/aromatic N) is 4. The highest BCUT2D eigenvalue weighted by molar-refractivity contribution is 7.99. The van der Waals surface area contributed by atoms with Gasteiger partial charge in [0.15, 0.2) is 5.16 Å². The summed E-state index contributed by atoms with van der Waals surface area (Å²) >= 11 is 1.36. The van der Waals surface area contributed by atoms with E-state index in [0.29, 0.717) is 10.6 Å². The lowest BCUT2D eigenvalue weighted by molar-refractivity contribution is 0.764. The van der Waals surface area contributed by atoms with Crippen LogP contribution in [-0.2, 0) is 7.05 Å². The molecule has 0 saturated carbocycles. The van der Waals surface area contributed by atoms with Crippen molar-refractivity contribution in [1.29, 1.82) is 5.41 Å². The van der Waals surface area contributed by atoms with Crippen molar-refractivity contribution < 1.29 is 0 Å². The van der Waals surface area contributed by atoms with Crippen molar-refractivity contribution in [3.05, 3.63) is 29.2 Å². The minimum atomic E-state index is 0.00360. The van der Waals surface area contributed by atoms with Crippen LogP contribution in [-0.4, -0.2) is 25.6 Å². The SMILES string of the molecule is Cc1ccc(C(=N)N)c(Sc2nnc(C)n2C)n1. The molecule has 6 nitrogen and oxygen atoms in total. The zero-order chi connectivity index (χ0) is 13.3. The zero-order valence-electron chi connectivity index (χ0n) is 10.4. The van der Waals surface area contributed by atoms with Crippen LogP contribution in [0.5, 0.6) is 0 Å². The number of aryl methyl sites for hydroxylation is 2. The summed E-state index contributed by atoms with van der Waals surface area (Å²) in [6.07, 6.45) is 0. The van der Waals surface area contributed by atoms with Gasteiger partial charge in [0.25, 0.3) is 0 Å². The second kappa shape index (κ2) is 4.77. The van der Waals surface area contributed by atoms with Gasteiger partial charge in [0.1, 0.15) is 16.7 Å². The number of aromatic nitrogens is 4. The summed E-state index contributed by atoms with van der Waals surface area (Å²) in [5.74, 6) is 0.832. The molecule has 7 heteroatoms. The summed E-state index contributed by atoms with van der Waals surface area (Å²) in [4.78, 5) is 4.40. The van der Waals surface area contributed by atoms with Crippen molar-refractivity contribution in [2.75, 3.05) is 0 Å². The molecular formula is C11H14N6S. The van der Waals surface area contributed by atoms with Crippen LogP contribution in [0.3, 0.4) is 0 Å². The number of amidine groups is 1. The van der Waals surface area contributed by atoms with Crippen molar-refractivity contribution in [3.63, 3.8) is 0 Å². The summed E-state index contributed by atoms with van der Waals surface area (Å²) in [6.45, 7) is 3.78. The normalized spacial score (nSPS) is 10.6. The second-order valence-corrected chi connectivity index (χ2v) is 4.87. The molecule has 2 rings (SSSR count). The third-order valence-corrected chi connectivity index (χ3v) is 3.57. The van der Waals surface area contributed by atoms with E-state index in [1.165, 1.54) is 11.8 Å². The molecule has 0 aliphatic rings. The lowest BCUT2D eigenvalue weighted by Gasteiger charge is -2.07. The topological polar surface area (TPSA) is 93.5 Å². The number of hydrogen-bond acceptors (Lipinski definition) is 5. The van der Waals surface area contributed by atoms with Gasteiger partial charge in [-0.15, -0.1) is 10.2 Å². The van der Waals surface area contributed by atoms with Crippen LogP contribution in [0.4, 0.5) is 0 Å². The largest absolute Gasteiger partial charge is 0.384 e. The average molecular weight is 262 g/mol. The van der Waals surface area contributed by atoms with Gasteiger partial charge in [0.05, 0.1) is 0 Å². The van der Waals surface area contributed by atoms with Gasteiger partial charge in [-0.1, -0.05) is 0 Å². The Hall–Kier alpha value is -1.89. The lowest BCUT2D eigenvalue weighted by Crippen LogP contribution is -2.13. The summed E-state index contributed by atoms with van der Waals surface area (Å²) in [5.41, 5.74) is 7.04. The Morgan fingerprint density at radius 1 is 1.33 bits per heavy atom. The van der Waals surface area contributed by atoms with E-state index in [1.54, 1.807) is 6.07 Å². The Bertz CT molecular complexity index is 604. The fraction of sp³-hybridized carbons (Fsp3) is 0.273. The highest BCUT2D eigenvalue weighted by Crippen LogP contribution is 2.27. The summed E-state index contributed by atoms with van der Waals surface area (Å²) < 4.78 is 1.87. The molecule has 0 amide bonds. The van der Waals surface area contributed by atoms with Crippen molar-refractivity contribution >= 4 is 17.6 Å². The smallest absolute Gasteiger partial charge is 0.197 e. The Morgan fingerprint density at radius 3 is 2.61 bits per heavy atom. The highest BCUT2D eigenvalue weighted by atomic mass is 32.2. The first-order chi connectivity index (χ1) is 8.49. The standard InChI is InChI=1S/C11H14N6S/c1-6-4-5-8(9(12)13)10(14-6)18-11-16-15-7(2)17(11)3/h4-5H,1-3H3,(H3,12,13). The predicted octanol–water partition coefficient (Wildman–Crippen LogP) is 1.26. The molecule has 2 aromatic rings. The van der Waals surface area contributed by atoms with Crippen molar-refractivity contribution in [3.8, 4) is 0 Å². The Balaban J connectivity index is 2.42. The minimum Gasteiger partial charge on any atom is -0.384 e. The molecule has 0 radical (unpaired) electrons. The first-order valence-corrected chi connectivity index (χ1v) is 6.16. The number of nitrogen functional groups attached to an aromatic ring is 1. The van der Waals surface area contributed by atoms with Crippen molar-refractivity contribution in [2.24, 2.45) is 12.8 Å². The minimum absolute atomic E-state index is 0.00360. The van der Waals surface area contributed by atoms with Gasteiger partial charge in [-0.25, -0.2) is 4.98 Å². The number of pyridine rings is 1. The molecule has 2 heterocycles. The average Bonchev–Trinajstić information content (AvgIpc) is 2.61. The number of nitrogens with two attached hydrogens (primary N) is 1. The highest BCUT2D eigenvalue weighted by Gasteiger charge is 2.13. The Morgan fingerprint density at radius 2 is 2.06 bits per heavy atom. The predicted molar refractivity (Wildman–Crippen MR) is 69.9 cm³/mol. The maximum atomic E-state index is 7.55. The summed E-state index contributed by atoms with van der Waals surface area (Å²) in [5, 5.41) is 17.0. The first kappa shape index (κ1) is 12.6. The van der Waals surface area contributed by atoms with Crippen molar-refractivity contribution in [2.45, 2.75) is 24.0 Å². The Labute approximate surface area is 109 Å². The van der Waals surface area contributed by atoms with E-state index in [0.717, 1.165) is 16.7 Å². The quantitative estimate of drug-likeness (QED) is 0.641. The molecule has 0 unspecified atom stereocenters. The van der Waals surface area contributed by atoms with E-state index in [2.05, 4.69) is 15.2 Å². The van der Waals surface area contributed by atoms with Gasteiger partial charge in [-0.3, -0.25) is 5.41 Å². The summed E-state index contributed by atoms with van der Waals surface area (Å²) in [6, 6.07) is 3.64. The molecule has 0 bridgehead atoms. The van der Waals surface area contributed by atoms with E-state index in [4.69, 9.17) is 11.1 Å². The maximum Gasteiger partial charge on any atom is 0.197 e. The fourth-order valence-electron chi connectivity index (χ4n) is 1.38. The zero-order valence-corrected chi connectivity index (χ0v) is 11.2. The molecular weight excluding hydrogens is 248 g/mol. The van der Waals surface area contributed by atoms with Gasteiger partial charge in [0, 0.05) is 18.3 Å². The summed E-state index contributed by atoms with van der Waals surface area (Å²) in [7, 11) is 1.89. The molecule has 0 atom stereocenters. The van der Waals surface area contributed by atoms with Crippen LogP contribution in [0.15, 0.2) is 22.3 Å². The fourth-order valence-corrected chi connectivity index (χ4v) is 2.38. The molecule has 2 aromatic heterocycles. The molecule has 3 N–H and O–H groups in total. The molecule has 0 fully saturated rings. The van der Waals surface area contributed by atoms with Crippen LogP contribution in [0.2, 0.25) is 0 Å². The van der Waals surface area contributed by atoms with E-state index in [9.17, 15) is 0 Å². The van der Waals surface area contributed by atoms with Gasteiger partial charge in [0.2, 0.25) is 0 Å². The van der Waals surface area contributed by atoms with Gasteiger partial charge >= 0.3 is 0 Å². The maximum absolute atomic E-state index is 7.55. The number of hydrogen-bond donors (Lipinski definition) is 2. The molecule has 0 spiro atoms. The third-order valence-electron chi connectivity index (χ3n) is 2.53. The molecule has 0 aliphatic heterocycles. The number of nitrogens with one attached hydrogen (secondary N) is 1. The van der Waals surface area contributed by atoms with Crippen LogP contribution in [0.1, 0.15) is 17.1 Å². The van der Waals surface area contributed by atoms with Gasteiger partial charge in [-0.2, -0.15) is 0 Å². The number of rotatable bonds is 3. The molecule has 0 aromatic carbocycles. The molecule has 18 heavy (non-hydrogen) atoms. The first-order valence-electron chi connectivity index (χ1n) is 5.35. The van der Waals surface area contributed by atoms with E-state index < -0.39 is 0 Å². The van der Waals surface area contributed by atoms with E-state index in [-0.39, 0.29) is 5.84 Å². The van der Waals surface area contributed by atoms with Crippen molar-refractivity contribution in [1.82, 2.24) is 19.7 Å². The molecule has 0 saturated heterocycles. The van der Waals surface area contributed by atoms with Crippen LogP contribution in [0, 0.1) is 19.3 Å². The van der Waals surface area contributed by atoms with Gasteiger partial charge < -0.3 is 10.3 Å². The van der Waals surface area contributed by atoms with Crippen LogP contribution < -0.4 is 5.73 Å². The third kappa shape index (κ3) is 2.35.